The Bertz CT molecular complexity index is 8750. The molecular weight excluding hydrogens is 1620 g/mol. The molecule has 7 heterocycles. The summed E-state index contributed by atoms with van der Waals surface area (Å²) in [5.74, 6) is 0. The molecule has 0 N–H and O–H groups in total. The number of pyridine rings is 7. The summed E-state index contributed by atoms with van der Waals surface area (Å²) in [6.07, 6.45) is 1.83. The second-order valence-corrected chi connectivity index (χ2v) is 35.9. The summed E-state index contributed by atoms with van der Waals surface area (Å²) in [7, 11) is -3.03. The van der Waals surface area contributed by atoms with Crippen LogP contribution in [0, 0.1) is 0 Å². The first-order valence-electron chi connectivity index (χ1n) is 44.5. The molecule has 618 valence electrons. The van der Waals surface area contributed by atoms with Gasteiger partial charge in [0, 0.05) is 126 Å². The van der Waals surface area contributed by atoms with Gasteiger partial charge in [0.15, 0.2) is 7.14 Å². The fourth-order valence-electron chi connectivity index (χ4n) is 18.9. The molecule has 0 saturated carbocycles. The average molecular weight is 1700 g/mol. The highest BCUT2D eigenvalue weighted by Gasteiger charge is 2.30. The molecule has 7 aromatic heterocycles. The molecule has 0 aliphatic heterocycles. The highest BCUT2D eigenvalue weighted by atomic mass is 31.2. The predicted octanol–water partition coefficient (Wildman–Crippen LogP) is 30.7. The molecule has 0 bridgehead atoms. The van der Waals surface area contributed by atoms with Gasteiger partial charge >= 0.3 is 0 Å². The van der Waals surface area contributed by atoms with Crippen molar-refractivity contribution in [3.63, 3.8) is 0 Å². The van der Waals surface area contributed by atoms with E-state index in [1.54, 1.807) is 0 Å². The number of benzene rings is 18. The minimum atomic E-state index is -3.03. The highest BCUT2D eigenvalue weighted by Crippen LogP contribution is 2.47. The van der Waals surface area contributed by atoms with Gasteiger partial charge in [-0.15, -0.1) is 0 Å². The normalized spacial score (nSPS) is 11.5. The zero-order valence-corrected chi connectivity index (χ0v) is 72.6. The lowest BCUT2D eigenvalue weighted by molar-refractivity contribution is 0.592. The minimum absolute atomic E-state index is 0.825. The molecule has 0 radical (unpaired) electrons. The van der Waals surface area contributed by atoms with Crippen LogP contribution < -0.4 is 15.9 Å². The Morgan fingerprint density at radius 3 is 0.848 bits per heavy atom. The molecule has 9 heteroatoms. The topological polar surface area (TPSA) is 107 Å². The molecule has 25 rings (SSSR count). The summed E-state index contributed by atoms with van der Waals surface area (Å²) < 4.78 is 14.9. The second kappa shape index (κ2) is 34.5. The smallest absolute Gasteiger partial charge is 0.171 e. The Morgan fingerprint density at radius 1 is 0.174 bits per heavy atom. The van der Waals surface area contributed by atoms with Crippen molar-refractivity contribution in [2.75, 3.05) is 0 Å². The van der Waals surface area contributed by atoms with Gasteiger partial charge in [0.05, 0.1) is 72.8 Å². The monoisotopic (exact) mass is 1700 g/mol. The Morgan fingerprint density at radius 2 is 0.455 bits per heavy atom. The van der Waals surface area contributed by atoms with Crippen molar-refractivity contribution < 1.29 is 4.57 Å². The maximum Gasteiger partial charge on any atom is 0.171 e. The molecule has 0 spiro atoms. The van der Waals surface area contributed by atoms with Crippen LogP contribution in [0.1, 0.15) is 0 Å². The van der Waals surface area contributed by atoms with Gasteiger partial charge in [0.25, 0.3) is 0 Å². The minimum Gasteiger partial charge on any atom is -0.309 e. The SMILES string of the molecule is O=P(c1ccccc1)(c1ccccc1)c1ccc(-c2cccc(-c3cccc4c(-c5ccccc5)nc5ccccc5c34)c2)cc1.c1ccc(-c2ccc3ccc4ccc(-c5cccc(-c6cccc7c(-c8ccccc8)nc8ccccc8c67)c5)nc4c3n2)cc1.c1ccc(-c2nc3ccccc3c3c(-c4cccc(-c5ccc6ccc7cccnc7c6n5)c4)cccc23)cc1. The first-order valence-corrected chi connectivity index (χ1v) is 46.2. The number of hydrogen-bond donors (Lipinski definition) is 0. The molecule has 132 heavy (non-hydrogen) atoms. The first-order chi connectivity index (χ1) is 65.3. The Balaban J connectivity index is 0.000000113. The van der Waals surface area contributed by atoms with Crippen LogP contribution in [0.4, 0.5) is 0 Å². The van der Waals surface area contributed by atoms with Crippen LogP contribution in [0.25, 0.3) is 221 Å². The fourth-order valence-corrected chi connectivity index (χ4v) is 21.6. The van der Waals surface area contributed by atoms with Gasteiger partial charge in [-0.25, -0.2) is 29.9 Å². The van der Waals surface area contributed by atoms with E-state index in [1.807, 2.05) is 121 Å². The van der Waals surface area contributed by atoms with E-state index in [9.17, 15) is 4.57 Å². The summed E-state index contributed by atoms with van der Waals surface area (Å²) in [5, 5.41) is 17.3. The third-order valence-electron chi connectivity index (χ3n) is 25.3. The van der Waals surface area contributed by atoms with Crippen LogP contribution in [-0.2, 0) is 4.57 Å². The van der Waals surface area contributed by atoms with E-state index in [-0.39, 0.29) is 0 Å². The summed E-state index contributed by atoms with van der Waals surface area (Å²) >= 11 is 0. The largest absolute Gasteiger partial charge is 0.309 e. The number of rotatable bonds is 13. The lowest BCUT2D eigenvalue weighted by Gasteiger charge is -2.20. The quantitative estimate of drug-likeness (QED) is 0.0830. The van der Waals surface area contributed by atoms with Crippen molar-refractivity contribution >= 4 is 132 Å². The van der Waals surface area contributed by atoms with Gasteiger partial charge in [-0.2, -0.15) is 0 Å². The number of nitrogens with zero attached hydrogens (tertiary/aromatic N) is 7. The van der Waals surface area contributed by atoms with Crippen LogP contribution in [0.5, 0.6) is 0 Å². The third kappa shape index (κ3) is 14.9. The van der Waals surface area contributed by atoms with Crippen molar-refractivity contribution in [2.24, 2.45) is 0 Å². The Kier molecular flexibility index (Phi) is 20.8. The molecule has 0 fully saturated rings. The Hall–Kier alpha value is -17.2. The molecule has 0 aliphatic rings. The van der Waals surface area contributed by atoms with E-state index in [4.69, 9.17) is 29.9 Å². The average Bonchev–Trinajstić information content (AvgIpc) is 0.752. The number of hydrogen-bond acceptors (Lipinski definition) is 8. The molecule has 0 saturated heterocycles. The van der Waals surface area contributed by atoms with Gasteiger partial charge in [0.1, 0.15) is 0 Å². The molecule has 25 aromatic rings. The number of aromatic nitrogens is 7. The molecule has 0 atom stereocenters. The fraction of sp³-hybridized carbons (Fsp3) is 0. The first kappa shape index (κ1) is 79.5. The summed E-state index contributed by atoms with van der Waals surface area (Å²) in [4.78, 5) is 35.4. The third-order valence-corrected chi connectivity index (χ3v) is 28.3. The predicted molar refractivity (Wildman–Crippen MR) is 553 cm³/mol. The molecular formula is C123H80N7OP. The second-order valence-electron chi connectivity index (χ2n) is 33.2. The molecule has 18 aromatic carbocycles. The van der Waals surface area contributed by atoms with E-state index in [0.717, 1.165) is 204 Å². The van der Waals surface area contributed by atoms with E-state index in [0.29, 0.717) is 0 Å². The van der Waals surface area contributed by atoms with Gasteiger partial charge in [-0.1, -0.05) is 419 Å². The molecule has 0 amide bonds. The van der Waals surface area contributed by atoms with Crippen LogP contribution >= 0.6 is 7.14 Å². The summed E-state index contributed by atoms with van der Waals surface area (Å²) in [6, 6.07) is 166. The number of para-hydroxylation sites is 3. The zero-order chi connectivity index (χ0) is 87.8. The summed E-state index contributed by atoms with van der Waals surface area (Å²) in [6.45, 7) is 0. The molecule has 0 aliphatic carbocycles. The van der Waals surface area contributed by atoms with Crippen molar-refractivity contribution in [2.45, 2.75) is 0 Å². The van der Waals surface area contributed by atoms with Gasteiger partial charge in [0.2, 0.25) is 0 Å². The van der Waals surface area contributed by atoms with Gasteiger partial charge in [-0.05, 0) is 105 Å². The standard InChI is InChI=1S/C43H27N3.C43H30NOP.C37H23N3/c1-3-11-28(12-4-1)37-25-23-30-21-22-31-24-26-38(45-43(31)42(30)44-37)33-16-9-15-32(27-33)34-18-10-19-36-40(34)35-17-7-8-20-39(35)46-41(36)29-13-5-2-6-14-29;45-46(35-18-6-2-7-19-35,36-20-8-3-9-21-36)37-28-26-31(27-29-37)33-16-12-17-34(30-33)38-23-13-24-40-42(38)39-22-10-11-25-41(39)44-43(40)32-14-4-1-5-15-32;1-2-9-24(10-3-1)35-31-16-7-15-29(34(31)30-14-4-5-17-33(30)40-35)27-11-6-12-28(23-27)32-21-20-26-19-18-25-13-8-22-38-36(25)37(26)39-32/h1-27H;1-30H;1-23H. The lowest BCUT2D eigenvalue weighted by atomic mass is 9.91. The van der Waals surface area contributed by atoms with Crippen molar-refractivity contribution in [3.8, 4) is 112 Å². The van der Waals surface area contributed by atoms with Crippen molar-refractivity contribution in [1.29, 1.82) is 0 Å². The molecule has 0 unspecified atom stereocenters. The van der Waals surface area contributed by atoms with Gasteiger partial charge < -0.3 is 4.57 Å². The van der Waals surface area contributed by atoms with E-state index >= 15 is 0 Å². The van der Waals surface area contributed by atoms with Crippen molar-refractivity contribution in [1.82, 2.24) is 34.9 Å². The van der Waals surface area contributed by atoms with Crippen LogP contribution in [0.3, 0.4) is 0 Å². The summed E-state index contributed by atoms with van der Waals surface area (Å²) in [5.41, 5.74) is 28.2. The lowest BCUT2D eigenvalue weighted by Crippen LogP contribution is -2.24. The van der Waals surface area contributed by atoms with Crippen LogP contribution in [0.15, 0.2) is 485 Å². The highest BCUT2D eigenvalue weighted by molar-refractivity contribution is 7.85. The van der Waals surface area contributed by atoms with E-state index in [1.165, 1.54) is 32.8 Å². The van der Waals surface area contributed by atoms with E-state index < -0.39 is 7.14 Å². The maximum atomic E-state index is 14.9. The van der Waals surface area contributed by atoms with Gasteiger partial charge in [-0.3, -0.25) is 4.98 Å². The maximum absolute atomic E-state index is 14.9. The van der Waals surface area contributed by atoms with Crippen molar-refractivity contribution in [3.05, 3.63) is 485 Å². The Labute approximate surface area is 763 Å². The molecule has 8 nitrogen and oxygen atoms in total. The zero-order valence-electron chi connectivity index (χ0n) is 71.7. The van der Waals surface area contributed by atoms with E-state index in [2.05, 4.69) is 369 Å². The van der Waals surface area contributed by atoms with Crippen LogP contribution in [0.2, 0.25) is 0 Å². The van der Waals surface area contributed by atoms with Crippen LogP contribution in [-0.4, -0.2) is 34.9 Å². The number of fused-ring (bicyclic) bond motifs is 15.